The minimum Gasteiger partial charge on any atom is -0.508 e. The van der Waals surface area contributed by atoms with Crippen LogP contribution in [0, 0.1) is 0 Å². The van der Waals surface area contributed by atoms with Gasteiger partial charge in [-0.1, -0.05) is 30.3 Å². The molecule has 0 fully saturated rings. The van der Waals surface area contributed by atoms with Crippen LogP contribution < -0.4 is 10.6 Å². The molecule has 2 aromatic carbocycles. The minimum absolute atomic E-state index is 0.0947. The van der Waals surface area contributed by atoms with Crippen molar-refractivity contribution in [3.8, 4) is 5.75 Å². The number of phenols is 1. The molecule has 2 aromatic rings. The third-order valence-corrected chi connectivity index (χ3v) is 4.62. The number of rotatable bonds is 6. The van der Waals surface area contributed by atoms with E-state index in [1.54, 1.807) is 12.1 Å². The Bertz CT molecular complexity index is 697. The molecule has 0 spiro atoms. The summed E-state index contributed by atoms with van der Waals surface area (Å²) in [5.41, 5.74) is 3.39. The second-order valence-corrected chi connectivity index (χ2v) is 6.55. The van der Waals surface area contributed by atoms with Gasteiger partial charge in [0, 0.05) is 30.6 Å². The molecule has 0 radical (unpaired) electrons. The number of amides is 1. The molecular formula is C20H24N2O2. The molecule has 0 aliphatic carbocycles. The van der Waals surface area contributed by atoms with Gasteiger partial charge in [0.25, 0.3) is 0 Å². The Kier molecular flexibility index (Phi) is 5.16. The molecule has 0 saturated heterocycles. The van der Waals surface area contributed by atoms with Crippen molar-refractivity contribution in [3.63, 3.8) is 0 Å². The van der Waals surface area contributed by atoms with E-state index in [-0.39, 0.29) is 11.8 Å². The second kappa shape index (κ2) is 7.49. The standard InChI is InChI=1S/C20H24N2O2/c1-14(6-7-15-8-10-17(23)11-9-15)21-13-16-12-20(24)22-19-5-3-2-4-18(16)19/h2-5,8-11,14,16,21,23H,6-7,12-13H2,1H3,(H,22,24)/t14-,16-/m1/s1. The smallest absolute Gasteiger partial charge is 0.225 e. The predicted octanol–water partition coefficient (Wildman–Crippen LogP) is 3.43. The van der Waals surface area contributed by atoms with E-state index in [9.17, 15) is 9.90 Å². The van der Waals surface area contributed by atoms with Gasteiger partial charge in [0.2, 0.25) is 5.91 Å². The minimum atomic E-state index is 0.0947. The summed E-state index contributed by atoms with van der Waals surface area (Å²) >= 11 is 0. The molecule has 3 N–H and O–H groups in total. The van der Waals surface area contributed by atoms with E-state index < -0.39 is 0 Å². The zero-order chi connectivity index (χ0) is 16.9. The van der Waals surface area contributed by atoms with E-state index in [2.05, 4.69) is 23.6 Å². The number of aromatic hydroxyl groups is 1. The predicted molar refractivity (Wildman–Crippen MR) is 96.3 cm³/mol. The molecule has 0 saturated carbocycles. The quantitative estimate of drug-likeness (QED) is 0.763. The van der Waals surface area contributed by atoms with Crippen molar-refractivity contribution >= 4 is 11.6 Å². The third kappa shape index (κ3) is 4.15. The van der Waals surface area contributed by atoms with Crippen LogP contribution in [0.2, 0.25) is 0 Å². The Balaban J connectivity index is 1.52. The van der Waals surface area contributed by atoms with Crippen molar-refractivity contribution in [2.24, 2.45) is 0 Å². The first kappa shape index (κ1) is 16.5. The Morgan fingerprint density at radius 1 is 1.21 bits per heavy atom. The highest BCUT2D eigenvalue weighted by Crippen LogP contribution is 2.31. The zero-order valence-corrected chi connectivity index (χ0v) is 14.0. The first-order chi connectivity index (χ1) is 11.6. The molecule has 4 heteroatoms. The summed E-state index contributed by atoms with van der Waals surface area (Å²) in [5.74, 6) is 0.627. The van der Waals surface area contributed by atoms with Crippen LogP contribution in [0.3, 0.4) is 0 Å². The number of benzene rings is 2. The van der Waals surface area contributed by atoms with Gasteiger partial charge in [-0.05, 0) is 49.1 Å². The van der Waals surface area contributed by atoms with Gasteiger partial charge in [0.1, 0.15) is 5.75 Å². The molecule has 2 atom stereocenters. The number of nitrogens with one attached hydrogen (secondary N) is 2. The molecule has 1 amide bonds. The summed E-state index contributed by atoms with van der Waals surface area (Å²) in [5, 5.41) is 15.8. The summed E-state index contributed by atoms with van der Waals surface area (Å²) in [7, 11) is 0. The number of fused-ring (bicyclic) bond motifs is 1. The molecule has 126 valence electrons. The van der Waals surface area contributed by atoms with E-state index >= 15 is 0 Å². The van der Waals surface area contributed by atoms with E-state index in [0.29, 0.717) is 18.2 Å². The average Bonchev–Trinajstić information content (AvgIpc) is 2.59. The lowest BCUT2D eigenvalue weighted by molar-refractivity contribution is -0.116. The van der Waals surface area contributed by atoms with E-state index in [0.717, 1.165) is 25.1 Å². The highest BCUT2D eigenvalue weighted by molar-refractivity contribution is 5.94. The SMILES string of the molecule is C[C@H](CCc1ccc(O)cc1)NC[C@H]1CC(=O)Nc2ccccc21. The van der Waals surface area contributed by atoms with Crippen LogP contribution in [0.15, 0.2) is 48.5 Å². The fourth-order valence-electron chi connectivity index (χ4n) is 3.18. The summed E-state index contributed by atoms with van der Waals surface area (Å²) in [6, 6.07) is 15.8. The van der Waals surface area contributed by atoms with Crippen molar-refractivity contribution in [2.45, 2.75) is 38.1 Å². The summed E-state index contributed by atoms with van der Waals surface area (Å²) < 4.78 is 0. The lowest BCUT2D eigenvalue weighted by atomic mass is 9.90. The van der Waals surface area contributed by atoms with Gasteiger partial charge in [-0.25, -0.2) is 0 Å². The van der Waals surface area contributed by atoms with Crippen molar-refractivity contribution in [1.82, 2.24) is 5.32 Å². The fourth-order valence-corrected chi connectivity index (χ4v) is 3.18. The first-order valence-electron chi connectivity index (χ1n) is 8.52. The molecule has 4 nitrogen and oxygen atoms in total. The number of hydrogen-bond donors (Lipinski definition) is 3. The molecule has 1 aliphatic rings. The highest BCUT2D eigenvalue weighted by Gasteiger charge is 2.24. The van der Waals surface area contributed by atoms with Crippen LogP contribution in [0.5, 0.6) is 5.75 Å². The molecular weight excluding hydrogens is 300 g/mol. The van der Waals surface area contributed by atoms with Crippen LogP contribution in [-0.2, 0) is 11.2 Å². The normalized spacial score (nSPS) is 17.9. The fraction of sp³-hybridized carbons (Fsp3) is 0.350. The average molecular weight is 324 g/mol. The van der Waals surface area contributed by atoms with Crippen molar-refractivity contribution in [3.05, 3.63) is 59.7 Å². The maximum Gasteiger partial charge on any atom is 0.225 e. The van der Waals surface area contributed by atoms with Crippen LogP contribution in [0.1, 0.15) is 36.8 Å². The Morgan fingerprint density at radius 3 is 2.75 bits per heavy atom. The molecule has 1 heterocycles. The summed E-state index contributed by atoms with van der Waals surface area (Å²) in [4.78, 5) is 11.9. The first-order valence-corrected chi connectivity index (χ1v) is 8.52. The number of hydrogen-bond acceptors (Lipinski definition) is 3. The van der Waals surface area contributed by atoms with Gasteiger partial charge >= 0.3 is 0 Å². The lowest BCUT2D eigenvalue weighted by Crippen LogP contribution is -2.34. The van der Waals surface area contributed by atoms with Crippen LogP contribution in [0.25, 0.3) is 0 Å². The molecule has 0 bridgehead atoms. The van der Waals surface area contributed by atoms with Gasteiger partial charge in [-0.3, -0.25) is 4.79 Å². The van der Waals surface area contributed by atoms with Gasteiger partial charge in [-0.15, -0.1) is 0 Å². The van der Waals surface area contributed by atoms with Crippen LogP contribution in [-0.4, -0.2) is 23.6 Å². The Labute approximate surface area is 142 Å². The van der Waals surface area contributed by atoms with Gasteiger partial charge in [0.05, 0.1) is 0 Å². The lowest BCUT2D eigenvalue weighted by Gasteiger charge is -2.27. The number of aryl methyl sites for hydroxylation is 1. The highest BCUT2D eigenvalue weighted by atomic mass is 16.3. The number of phenolic OH excluding ortho intramolecular Hbond substituents is 1. The number of carbonyl (C=O) groups is 1. The van der Waals surface area contributed by atoms with Crippen molar-refractivity contribution in [2.75, 3.05) is 11.9 Å². The summed E-state index contributed by atoms with van der Waals surface area (Å²) in [6.45, 7) is 2.98. The topological polar surface area (TPSA) is 61.4 Å². The monoisotopic (exact) mass is 324 g/mol. The number of anilines is 1. The van der Waals surface area contributed by atoms with Gasteiger partial charge < -0.3 is 15.7 Å². The third-order valence-electron chi connectivity index (χ3n) is 4.62. The molecule has 1 aliphatic heterocycles. The molecule has 0 unspecified atom stereocenters. The van der Waals surface area contributed by atoms with Crippen LogP contribution in [0.4, 0.5) is 5.69 Å². The molecule has 3 rings (SSSR count). The maximum absolute atomic E-state index is 11.9. The van der Waals surface area contributed by atoms with Gasteiger partial charge in [-0.2, -0.15) is 0 Å². The van der Waals surface area contributed by atoms with Gasteiger partial charge in [0.15, 0.2) is 0 Å². The second-order valence-electron chi connectivity index (χ2n) is 6.55. The Hall–Kier alpha value is -2.33. The largest absolute Gasteiger partial charge is 0.508 e. The van der Waals surface area contributed by atoms with E-state index in [4.69, 9.17) is 0 Å². The molecule has 0 aromatic heterocycles. The van der Waals surface area contributed by atoms with E-state index in [1.807, 2.05) is 30.3 Å². The zero-order valence-electron chi connectivity index (χ0n) is 14.0. The van der Waals surface area contributed by atoms with Crippen molar-refractivity contribution < 1.29 is 9.90 Å². The van der Waals surface area contributed by atoms with Crippen LogP contribution >= 0.6 is 0 Å². The summed E-state index contributed by atoms with van der Waals surface area (Å²) in [6.07, 6.45) is 2.52. The Morgan fingerprint density at radius 2 is 1.96 bits per heavy atom. The number of carbonyl (C=O) groups excluding carboxylic acids is 1. The number of para-hydroxylation sites is 1. The maximum atomic E-state index is 11.9. The van der Waals surface area contributed by atoms with Crippen molar-refractivity contribution in [1.29, 1.82) is 0 Å². The van der Waals surface area contributed by atoms with E-state index in [1.165, 1.54) is 11.1 Å². The molecule has 24 heavy (non-hydrogen) atoms.